The van der Waals surface area contributed by atoms with Gasteiger partial charge in [-0.2, -0.15) is 0 Å². The summed E-state index contributed by atoms with van der Waals surface area (Å²) >= 11 is 12.9. The highest BCUT2D eigenvalue weighted by Gasteiger charge is 2.32. The lowest BCUT2D eigenvalue weighted by atomic mass is 10.2. The maximum atomic E-state index is 12.6. The van der Waals surface area contributed by atoms with Crippen LogP contribution < -0.4 is 0 Å². The monoisotopic (exact) mass is 924 g/mol. The minimum absolute atomic E-state index is 0.286. The molecular weight excluding hydrogens is 889 g/mol. The van der Waals surface area contributed by atoms with E-state index in [-0.39, 0.29) is 50.3 Å². The van der Waals surface area contributed by atoms with Crippen molar-refractivity contribution >= 4 is 118 Å². The van der Waals surface area contributed by atoms with E-state index < -0.39 is 0 Å². The molecule has 0 N–H and O–H groups in total. The van der Waals surface area contributed by atoms with Gasteiger partial charge in [-0.3, -0.25) is 0 Å². The van der Waals surface area contributed by atoms with E-state index in [2.05, 4.69) is 0 Å². The van der Waals surface area contributed by atoms with E-state index >= 15 is 0 Å². The third-order valence-corrected chi connectivity index (χ3v) is 18.6. The molecule has 58 heavy (non-hydrogen) atoms. The quantitative estimate of drug-likeness (QED) is 0.0785. The van der Waals surface area contributed by atoms with Crippen LogP contribution in [0.25, 0.3) is 0 Å². The number of rotatable bonds is 16. The van der Waals surface area contributed by atoms with Gasteiger partial charge in [-0.15, -0.1) is 0 Å². The number of ether oxygens (including phenoxy) is 4. The lowest BCUT2D eigenvalue weighted by molar-refractivity contribution is 0.0516. The zero-order valence-corrected chi connectivity index (χ0v) is 38.1. The van der Waals surface area contributed by atoms with Crippen LogP contribution in [0.4, 0.5) is 0 Å². The molecule has 0 bridgehead atoms. The third-order valence-electron chi connectivity index (χ3n) is 7.46. The number of hydrogen-bond acceptors (Lipinski definition) is 16. The van der Waals surface area contributed by atoms with E-state index in [1.807, 2.05) is 72.8 Å². The van der Waals surface area contributed by atoms with Gasteiger partial charge in [0.1, 0.15) is 0 Å². The molecule has 0 fully saturated rings. The Labute approximate surface area is 371 Å². The summed E-state index contributed by atoms with van der Waals surface area (Å²) in [4.78, 5) is 54.0. The summed E-state index contributed by atoms with van der Waals surface area (Å²) < 4.78 is 27.4. The third kappa shape index (κ3) is 12.0. The highest BCUT2D eigenvalue weighted by molar-refractivity contribution is 8.45. The first kappa shape index (κ1) is 44.3. The Morgan fingerprint density at radius 2 is 0.621 bits per heavy atom. The van der Waals surface area contributed by atoms with E-state index in [0.717, 1.165) is 45.0 Å². The highest BCUT2D eigenvalue weighted by Crippen LogP contribution is 2.68. The summed E-state index contributed by atoms with van der Waals surface area (Å²) in [6, 6.07) is 29.7. The highest BCUT2D eigenvalue weighted by atomic mass is 32.3. The fourth-order valence-corrected chi connectivity index (χ4v) is 16.6. The Hall–Kier alpha value is -3.22. The molecule has 8 nitrogen and oxygen atoms in total. The van der Waals surface area contributed by atoms with E-state index in [1.54, 1.807) is 146 Å². The van der Waals surface area contributed by atoms with Gasteiger partial charge in [-0.25, -0.2) is 19.2 Å². The van der Waals surface area contributed by atoms with Crippen molar-refractivity contribution in [1.82, 2.24) is 0 Å². The SMILES string of the molecule is CCOC(=O)c1cccc(SC2=C(Sc3cccc(C(=O)OCC)c3)SC(=C3SC(Sc4cccc(C(=O)OCC)c4)=C(Sc4cccc(C(=O)OCC)c4)S3)S2)c1. The molecular formula is C42H36O8S8. The summed E-state index contributed by atoms with van der Waals surface area (Å²) in [5, 5.41) is 0. The van der Waals surface area contributed by atoms with Crippen molar-refractivity contribution in [2.45, 2.75) is 47.3 Å². The topological polar surface area (TPSA) is 105 Å². The van der Waals surface area contributed by atoms with Gasteiger partial charge in [0.15, 0.2) is 0 Å². The summed E-state index contributed by atoms with van der Waals surface area (Å²) in [6.07, 6.45) is 0. The van der Waals surface area contributed by atoms with Crippen LogP contribution in [0.15, 0.2) is 142 Å². The normalized spacial score (nSPS) is 13.9. The Kier molecular flexibility index (Phi) is 16.7. The molecule has 4 aromatic carbocycles. The molecule has 16 heteroatoms. The summed E-state index contributed by atoms with van der Waals surface area (Å²) in [5.41, 5.74) is 1.91. The average Bonchev–Trinajstić information content (AvgIpc) is 3.81. The molecule has 0 amide bonds. The zero-order valence-electron chi connectivity index (χ0n) is 31.6. The summed E-state index contributed by atoms with van der Waals surface area (Å²) in [7, 11) is 0. The lowest BCUT2D eigenvalue weighted by Gasteiger charge is -2.08. The molecule has 4 aromatic rings. The van der Waals surface area contributed by atoms with Crippen LogP contribution in [0.3, 0.4) is 0 Å². The van der Waals surface area contributed by atoms with Crippen molar-refractivity contribution in [2.75, 3.05) is 26.4 Å². The standard InChI is InChI=1S/C42H36O8S8/c1-5-47-33(43)25-13-9-17-29(21-25)51-37-38(52-30-18-10-14-26(22-30)34(44)48-6-2)56-41(55-37)42-57-39(53-31-19-11-15-27(23-31)35(45)49-7-3)40(58-42)54-32-20-12-16-28(24-32)36(46)50-8-4/h9-24H,5-8H2,1-4H3. The molecule has 2 aliphatic heterocycles. The van der Waals surface area contributed by atoms with Crippen molar-refractivity contribution in [3.63, 3.8) is 0 Å². The molecule has 0 saturated heterocycles. The van der Waals surface area contributed by atoms with Gasteiger partial charge in [0, 0.05) is 19.6 Å². The maximum absolute atomic E-state index is 12.6. The van der Waals surface area contributed by atoms with E-state index in [9.17, 15) is 19.2 Å². The first-order valence-electron chi connectivity index (χ1n) is 17.9. The Morgan fingerprint density at radius 3 is 0.828 bits per heavy atom. The van der Waals surface area contributed by atoms with Gasteiger partial charge in [0.25, 0.3) is 0 Å². The predicted molar refractivity (Wildman–Crippen MR) is 244 cm³/mol. The first-order valence-corrected chi connectivity index (χ1v) is 24.4. The van der Waals surface area contributed by atoms with Crippen LogP contribution in [0, 0.1) is 0 Å². The van der Waals surface area contributed by atoms with Crippen LogP contribution in [0.5, 0.6) is 0 Å². The molecule has 0 spiro atoms. The lowest BCUT2D eigenvalue weighted by Crippen LogP contribution is -2.04. The minimum atomic E-state index is -0.374. The maximum Gasteiger partial charge on any atom is 0.338 e. The van der Waals surface area contributed by atoms with Gasteiger partial charge in [-0.05, 0) is 100 Å². The van der Waals surface area contributed by atoms with Crippen LogP contribution in [-0.4, -0.2) is 50.3 Å². The van der Waals surface area contributed by atoms with Crippen LogP contribution in [0.2, 0.25) is 0 Å². The van der Waals surface area contributed by atoms with Crippen molar-refractivity contribution in [3.8, 4) is 0 Å². The number of carbonyl (C=O) groups excluding carboxylic acids is 4. The molecule has 2 aliphatic rings. The number of carbonyl (C=O) groups is 4. The predicted octanol–water partition coefficient (Wildman–Crippen LogP) is 13.2. The van der Waals surface area contributed by atoms with Gasteiger partial charge in [-0.1, -0.05) is 118 Å². The van der Waals surface area contributed by atoms with Gasteiger partial charge in [0.2, 0.25) is 0 Å². The van der Waals surface area contributed by atoms with Gasteiger partial charge < -0.3 is 18.9 Å². The molecule has 0 atom stereocenters. The molecule has 300 valence electrons. The molecule has 0 unspecified atom stereocenters. The molecule has 2 heterocycles. The van der Waals surface area contributed by atoms with Crippen molar-refractivity contribution in [3.05, 3.63) is 145 Å². The molecule has 0 aromatic heterocycles. The number of esters is 4. The smallest absolute Gasteiger partial charge is 0.338 e. The molecule has 0 saturated carbocycles. The Balaban J connectivity index is 1.33. The second kappa shape index (κ2) is 21.9. The second-order valence-corrected chi connectivity index (χ2v) is 21.5. The van der Waals surface area contributed by atoms with E-state index in [4.69, 9.17) is 18.9 Å². The van der Waals surface area contributed by atoms with Crippen LogP contribution in [0.1, 0.15) is 69.1 Å². The van der Waals surface area contributed by atoms with Crippen LogP contribution >= 0.6 is 94.1 Å². The number of benzene rings is 4. The Morgan fingerprint density at radius 1 is 0.397 bits per heavy atom. The average molecular weight is 925 g/mol. The zero-order chi connectivity index (χ0) is 41.0. The van der Waals surface area contributed by atoms with Crippen molar-refractivity contribution < 1.29 is 38.1 Å². The van der Waals surface area contributed by atoms with Gasteiger partial charge >= 0.3 is 23.9 Å². The number of thioether (sulfide) groups is 8. The van der Waals surface area contributed by atoms with Crippen molar-refractivity contribution in [2.24, 2.45) is 0 Å². The molecule has 6 rings (SSSR count). The Bertz CT molecular complexity index is 1990. The minimum Gasteiger partial charge on any atom is -0.462 e. The molecule has 0 aliphatic carbocycles. The largest absolute Gasteiger partial charge is 0.462 e. The van der Waals surface area contributed by atoms with Gasteiger partial charge in [0.05, 0.1) is 74.1 Å². The van der Waals surface area contributed by atoms with E-state index in [1.165, 1.54) is 0 Å². The molecule has 0 radical (unpaired) electrons. The number of hydrogen-bond donors (Lipinski definition) is 0. The first-order chi connectivity index (χ1) is 28.2. The van der Waals surface area contributed by atoms with Crippen molar-refractivity contribution in [1.29, 1.82) is 0 Å². The van der Waals surface area contributed by atoms with Crippen LogP contribution in [-0.2, 0) is 18.9 Å². The summed E-state index contributed by atoms with van der Waals surface area (Å²) in [6.45, 7) is 8.28. The van der Waals surface area contributed by atoms with E-state index in [0.29, 0.717) is 22.3 Å². The fraction of sp³-hybridized carbons (Fsp3) is 0.190. The second-order valence-electron chi connectivity index (χ2n) is 11.5. The fourth-order valence-electron chi connectivity index (χ4n) is 4.99. The summed E-state index contributed by atoms with van der Waals surface area (Å²) in [5.74, 6) is -1.50.